The summed E-state index contributed by atoms with van der Waals surface area (Å²) in [4.78, 5) is 30.1. The van der Waals surface area contributed by atoms with E-state index in [9.17, 15) is 14.0 Å². The fourth-order valence-electron chi connectivity index (χ4n) is 3.80. The van der Waals surface area contributed by atoms with Crippen molar-refractivity contribution in [2.24, 2.45) is 7.05 Å². The highest BCUT2D eigenvalue weighted by molar-refractivity contribution is 6.02. The molecule has 0 bridgehead atoms. The minimum Gasteiger partial charge on any atom is -0.478 e. The summed E-state index contributed by atoms with van der Waals surface area (Å²) < 4.78 is 16.4. The summed E-state index contributed by atoms with van der Waals surface area (Å²) in [5.41, 5.74) is 1.60. The summed E-state index contributed by atoms with van der Waals surface area (Å²) in [5.74, 6) is -1.86. The van der Waals surface area contributed by atoms with E-state index in [0.717, 1.165) is 30.1 Å². The summed E-state index contributed by atoms with van der Waals surface area (Å²) in [6, 6.07) is 9.12. The van der Waals surface area contributed by atoms with Crippen molar-refractivity contribution in [1.82, 2.24) is 19.6 Å². The number of halogens is 1. The van der Waals surface area contributed by atoms with Crippen molar-refractivity contribution in [3.05, 3.63) is 59.5 Å². The Morgan fingerprint density at radius 1 is 1.13 bits per heavy atom. The number of carboxylic acid groups (broad SMARTS) is 1. The highest BCUT2D eigenvalue weighted by Crippen LogP contribution is 2.29. The second-order valence-electron chi connectivity index (χ2n) is 7.75. The Morgan fingerprint density at radius 3 is 2.55 bits per heavy atom. The quantitative estimate of drug-likeness (QED) is 0.695. The van der Waals surface area contributed by atoms with Crippen LogP contribution in [-0.2, 0) is 13.6 Å². The van der Waals surface area contributed by atoms with Gasteiger partial charge < -0.3 is 14.9 Å². The van der Waals surface area contributed by atoms with Crippen molar-refractivity contribution in [3.8, 4) is 0 Å². The van der Waals surface area contributed by atoms with Crippen LogP contribution in [0.4, 0.5) is 14.9 Å². The minimum absolute atomic E-state index is 0.0229. The molecule has 0 aliphatic carbocycles. The maximum atomic E-state index is 14.7. The number of urea groups is 1. The molecule has 2 aromatic carbocycles. The van der Waals surface area contributed by atoms with Crippen LogP contribution in [0.3, 0.4) is 0 Å². The van der Waals surface area contributed by atoms with Crippen molar-refractivity contribution in [1.29, 1.82) is 0 Å². The fraction of sp³-hybridized carbons (Fsp3) is 0.318. The number of amides is 2. The molecule has 1 aliphatic heterocycles. The molecule has 2 heterocycles. The largest absolute Gasteiger partial charge is 0.478 e. The Balaban J connectivity index is 1.74. The Kier molecular flexibility index (Phi) is 5.60. The third-order valence-electron chi connectivity index (χ3n) is 5.69. The number of hydrogen-bond acceptors (Lipinski definition) is 4. The molecular formula is C22H24FN5O3. The van der Waals surface area contributed by atoms with Gasteiger partial charge in [0, 0.05) is 44.2 Å². The van der Waals surface area contributed by atoms with Gasteiger partial charge in [-0.15, -0.1) is 0 Å². The van der Waals surface area contributed by atoms with Gasteiger partial charge in [-0.05, 0) is 31.3 Å². The lowest BCUT2D eigenvalue weighted by molar-refractivity contribution is 0.0696. The smallest absolute Gasteiger partial charge is 0.335 e. The number of carbonyl (C=O) groups excluding carboxylic acids is 1. The summed E-state index contributed by atoms with van der Waals surface area (Å²) >= 11 is 0. The minimum atomic E-state index is -1.20. The first-order valence-corrected chi connectivity index (χ1v) is 10.0. The van der Waals surface area contributed by atoms with Gasteiger partial charge in [-0.3, -0.25) is 9.58 Å². The number of aryl methyl sites for hydroxylation is 1. The van der Waals surface area contributed by atoms with Gasteiger partial charge in [0.05, 0.1) is 29.5 Å². The van der Waals surface area contributed by atoms with Gasteiger partial charge in [-0.1, -0.05) is 12.1 Å². The fourth-order valence-corrected chi connectivity index (χ4v) is 3.80. The number of benzene rings is 2. The van der Waals surface area contributed by atoms with Crippen LogP contribution < -0.4 is 4.90 Å². The first-order chi connectivity index (χ1) is 14.8. The average Bonchev–Trinajstić information content (AvgIpc) is 3.14. The normalized spacial score (nSPS) is 14.7. The molecule has 31 heavy (non-hydrogen) atoms. The van der Waals surface area contributed by atoms with E-state index >= 15 is 0 Å². The Hall–Kier alpha value is -3.46. The molecule has 3 aromatic rings. The number of fused-ring (bicyclic) bond motifs is 1. The Morgan fingerprint density at radius 2 is 1.87 bits per heavy atom. The zero-order chi connectivity index (χ0) is 22.1. The van der Waals surface area contributed by atoms with E-state index in [-0.39, 0.29) is 23.7 Å². The van der Waals surface area contributed by atoms with Gasteiger partial charge in [0.15, 0.2) is 0 Å². The van der Waals surface area contributed by atoms with Crippen LogP contribution in [0.15, 0.2) is 42.6 Å². The number of carboxylic acids is 1. The van der Waals surface area contributed by atoms with Crippen LogP contribution in [0.1, 0.15) is 15.9 Å². The molecule has 0 spiro atoms. The molecule has 0 unspecified atom stereocenters. The zero-order valence-corrected chi connectivity index (χ0v) is 17.5. The maximum absolute atomic E-state index is 14.7. The zero-order valence-electron chi connectivity index (χ0n) is 17.5. The molecule has 4 rings (SSSR count). The average molecular weight is 425 g/mol. The topological polar surface area (TPSA) is 81.9 Å². The summed E-state index contributed by atoms with van der Waals surface area (Å²) in [7, 11) is 3.83. The van der Waals surface area contributed by atoms with Crippen molar-refractivity contribution in [3.63, 3.8) is 0 Å². The molecule has 1 fully saturated rings. The Labute approximate surface area is 179 Å². The summed E-state index contributed by atoms with van der Waals surface area (Å²) in [5, 5.41) is 14.2. The number of anilines is 1. The van der Waals surface area contributed by atoms with Crippen LogP contribution in [0.25, 0.3) is 10.9 Å². The molecular weight excluding hydrogens is 401 g/mol. The second-order valence-corrected chi connectivity index (χ2v) is 7.75. The predicted molar refractivity (Wildman–Crippen MR) is 115 cm³/mol. The van der Waals surface area contributed by atoms with Crippen LogP contribution >= 0.6 is 0 Å². The first kappa shape index (κ1) is 20.8. The number of nitrogens with zero attached hydrogens (tertiary/aromatic N) is 5. The number of likely N-dealkylation sites (N-methyl/N-ethyl adjacent to an activating group) is 1. The number of hydrogen-bond donors (Lipinski definition) is 1. The number of rotatable bonds is 4. The maximum Gasteiger partial charge on any atom is 0.335 e. The molecule has 0 radical (unpaired) electrons. The number of aromatic carboxylic acids is 1. The standard InChI is InChI=1S/C22H24FN5O3/c1-25-8-10-27(11-9-25)22(31)28(14-16-7-6-15(21(29)30)12-18(16)23)20-5-3-4-19-17(20)13-24-26(19)2/h3-7,12-13H,8-11,14H2,1-2H3,(H,29,30). The lowest BCUT2D eigenvalue weighted by Crippen LogP contribution is -2.52. The van der Waals surface area contributed by atoms with Crippen LogP contribution in [0.2, 0.25) is 0 Å². The highest BCUT2D eigenvalue weighted by atomic mass is 19.1. The summed E-state index contributed by atoms with van der Waals surface area (Å²) in [6.07, 6.45) is 1.69. The molecule has 0 atom stereocenters. The molecule has 162 valence electrons. The molecule has 8 nitrogen and oxygen atoms in total. The van der Waals surface area contributed by atoms with Crippen molar-refractivity contribution in [2.75, 3.05) is 38.1 Å². The molecule has 2 amide bonds. The molecule has 1 aromatic heterocycles. The van der Waals surface area contributed by atoms with Crippen molar-refractivity contribution >= 4 is 28.6 Å². The lowest BCUT2D eigenvalue weighted by Gasteiger charge is -2.36. The molecule has 1 saturated heterocycles. The van der Waals surface area contributed by atoms with E-state index in [4.69, 9.17) is 5.11 Å². The van der Waals surface area contributed by atoms with Crippen LogP contribution in [-0.4, -0.2) is 69.9 Å². The van der Waals surface area contributed by atoms with Crippen molar-refractivity contribution in [2.45, 2.75) is 6.54 Å². The number of aromatic nitrogens is 2. The van der Waals surface area contributed by atoms with Gasteiger partial charge in [-0.25, -0.2) is 14.0 Å². The van der Waals surface area contributed by atoms with Gasteiger partial charge in [0.25, 0.3) is 0 Å². The van der Waals surface area contributed by atoms with E-state index in [1.807, 2.05) is 32.3 Å². The lowest BCUT2D eigenvalue weighted by atomic mass is 10.1. The second kappa shape index (κ2) is 8.35. The number of carbonyl (C=O) groups is 2. The van der Waals surface area contributed by atoms with Crippen molar-refractivity contribution < 1.29 is 19.1 Å². The summed E-state index contributed by atoms with van der Waals surface area (Å²) in [6.45, 7) is 2.66. The first-order valence-electron chi connectivity index (χ1n) is 10.0. The molecule has 9 heteroatoms. The third kappa shape index (κ3) is 4.09. The van der Waals surface area contributed by atoms with Gasteiger partial charge >= 0.3 is 12.0 Å². The Bertz CT molecular complexity index is 1140. The third-order valence-corrected chi connectivity index (χ3v) is 5.69. The monoisotopic (exact) mass is 425 g/mol. The van der Waals surface area contributed by atoms with Crippen LogP contribution in [0, 0.1) is 5.82 Å². The molecule has 0 saturated carbocycles. The predicted octanol–water partition coefficient (Wildman–Crippen LogP) is 2.78. The number of piperazine rings is 1. The SMILES string of the molecule is CN1CCN(C(=O)N(Cc2ccc(C(=O)O)cc2F)c2cccc3c2cnn3C)CC1. The molecule has 1 N–H and O–H groups in total. The van der Waals surface area contributed by atoms with E-state index < -0.39 is 11.8 Å². The van der Waals surface area contributed by atoms with Gasteiger partial charge in [0.1, 0.15) is 5.82 Å². The van der Waals surface area contributed by atoms with E-state index in [2.05, 4.69) is 10.00 Å². The van der Waals surface area contributed by atoms with Gasteiger partial charge in [-0.2, -0.15) is 5.10 Å². The van der Waals surface area contributed by atoms with E-state index in [1.54, 1.807) is 20.7 Å². The van der Waals surface area contributed by atoms with Gasteiger partial charge in [0.2, 0.25) is 0 Å². The molecule has 1 aliphatic rings. The highest BCUT2D eigenvalue weighted by Gasteiger charge is 2.27. The van der Waals surface area contributed by atoms with E-state index in [1.165, 1.54) is 12.1 Å². The van der Waals surface area contributed by atoms with Crippen LogP contribution in [0.5, 0.6) is 0 Å². The van der Waals surface area contributed by atoms with E-state index in [0.29, 0.717) is 18.8 Å².